The van der Waals surface area contributed by atoms with Crippen LogP contribution in [0.3, 0.4) is 0 Å². The molecular weight excluding hydrogens is 370 g/mol. The Bertz CT molecular complexity index is 855. The Morgan fingerprint density at radius 1 is 0.966 bits per heavy atom. The molecule has 0 bridgehead atoms. The molecular formula is C23H29NO5. The molecule has 1 fully saturated rings. The van der Waals surface area contributed by atoms with Gasteiger partial charge in [-0.3, -0.25) is 0 Å². The molecule has 3 rings (SSSR count). The number of amides is 1. The lowest BCUT2D eigenvalue weighted by Gasteiger charge is -2.48. The second-order valence-electron chi connectivity index (χ2n) is 8.28. The van der Waals surface area contributed by atoms with Gasteiger partial charge in [0.1, 0.15) is 11.2 Å². The monoisotopic (exact) mass is 399 g/mol. The van der Waals surface area contributed by atoms with Gasteiger partial charge in [0.2, 0.25) is 0 Å². The van der Waals surface area contributed by atoms with Crippen molar-refractivity contribution in [3.05, 3.63) is 59.7 Å². The summed E-state index contributed by atoms with van der Waals surface area (Å²) in [6, 6.07) is 14.9. The van der Waals surface area contributed by atoms with Crippen LogP contribution in [-0.2, 0) is 10.3 Å². The van der Waals surface area contributed by atoms with E-state index >= 15 is 0 Å². The maximum atomic E-state index is 12.4. The highest BCUT2D eigenvalue weighted by Crippen LogP contribution is 2.44. The first kappa shape index (κ1) is 21.0. The summed E-state index contributed by atoms with van der Waals surface area (Å²) < 4.78 is 16.2. The fourth-order valence-corrected chi connectivity index (χ4v) is 3.62. The highest BCUT2D eigenvalue weighted by molar-refractivity contribution is 5.69. The van der Waals surface area contributed by atoms with Gasteiger partial charge in [-0.2, -0.15) is 0 Å². The number of hydrogen-bond acceptors (Lipinski definition) is 5. The Labute approximate surface area is 172 Å². The number of ether oxygens (including phenoxy) is 3. The molecule has 0 saturated carbocycles. The normalized spacial score (nSPS) is 16.6. The van der Waals surface area contributed by atoms with E-state index in [1.807, 2.05) is 57.2 Å². The predicted octanol–water partition coefficient (Wildman–Crippen LogP) is 3.81. The van der Waals surface area contributed by atoms with Crippen LogP contribution >= 0.6 is 0 Å². The van der Waals surface area contributed by atoms with Gasteiger partial charge < -0.3 is 24.2 Å². The lowest BCUT2D eigenvalue weighted by atomic mass is 9.72. The molecule has 156 valence electrons. The zero-order valence-corrected chi connectivity index (χ0v) is 17.6. The van der Waals surface area contributed by atoms with Crippen molar-refractivity contribution in [3.8, 4) is 11.5 Å². The van der Waals surface area contributed by atoms with Crippen LogP contribution in [0.5, 0.6) is 11.5 Å². The predicted molar refractivity (Wildman–Crippen MR) is 110 cm³/mol. The average molecular weight is 399 g/mol. The van der Waals surface area contributed by atoms with Gasteiger partial charge in [-0.25, -0.2) is 4.79 Å². The molecule has 29 heavy (non-hydrogen) atoms. The fourth-order valence-electron chi connectivity index (χ4n) is 3.62. The molecule has 1 amide bonds. The summed E-state index contributed by atoms with van der Waals surface area (Å²) in [5.41, 5.74) is -0.378. The van der Waals surface area contributed by atoms with Crippen LogP contribution in [0.1, 0.15) is 31.9 Å². The van der Waals surface area contributed by atoms with Crippen molar-refractivity contribution in [3.63, 3.8) is 0 Å². The van der Waals surface area contributed by atoms with Crippen molar-refractivity contribution in [2.24, 2.45) is 5.92 Å². The van der Waals surface area contributed by atoms with E-state index in [0.717, 1.165) is 5.56 Å². The van der Waals surface area contributed by atoms with Crippen molar-refractivity contribution >= 4 is 6.09 Å². The smallest absolute Gasteiger partial charge is 0.410 e. The van der Waals surface area contributed by atoms with E-state index in [1.165, 1.54) is 0 Å². The molecule has 0 radical (unpaired) electrons. The minimum atomic E-state index is -1.28. The van der Waals surface area contributed by atoms with Crippen LogP contribution in [0.2, 0.25) is 0 Å². The largest absolute Gasteiger partial charge is 0.493 e. The molecule has 1 aliphatic rings. The zero-order chi connectivity index (χ0) is 21.2. The SMILES string of the molecule is COc1ccc(C(O)(c2ccccc2)C2CN(C(=O)OC(C)(C)C)C2)cc1OC. The Morgan fingerprint density at radius 2 is 1.59 bits per heavy atom. The summed E-state index contributed by atoms with van der Waals surface area (Å²) >= 11 is 0. The number of methoxy groups -OCH3 is 2. The fraction of sp³-hybridized carbons (Fsp3) is 0.435. The Balaban J connectivity index is 1.92. The maximum Gasteiger partial charge on any atom is 0.410 e. The number of rotatable bonds is 5. The van der Waals surface area contributed by atoms with Crippen LogP contribution in [0, 0.1) is 5.92 Å². The summed E-state index contributed by atoms with van der Waals surface area (Å²) in [4.78, 5) is 14.0. The van der Waals surface area contributed by atoms with Gasteiger partial charge in [-0.15, -0.1) is 0 Å². The van der Waals surface area contributed by atoms with E-state index < -0.39 is 11.2 Å². The van der Waals surface area contributed by atoms with Crippen molar-refractivity contribution in [1.29, 1.82) is 0 Å². The molecule has 1 heterocycles. The molecule has 0 spiro atoms. The first-order chi connectivity index (χ1) is 13.7. The maximum absolute atomic E-state index is 12.4. The van der Waals surface area contributed by atoms with Crippen molar-refractivity contribution < 1.29 is 24.1 Å². The summed E-state index contributed by atoms with van der Waals surface area (Å²) in [6.45, 7) is 6.31. The summed E-state index contributed by atoms with van der Waals surface area (Å²) in [5.74, 6) is 0.953. The van der Waals surface area contributed by atoms with Crippen LogP contribution < -0.4 is 9.47 Å². The number of benzene rings is 2. The summed E-state index contributed by atoms with van der Waals surface area (Å²) in [6.07, 6.45) is -0.364. The van der Waals surface area contributed by atoms with E-state index in [-0.39, 0.29) is 12.0 Å². The summed E-state index contributed by atoms with van der Waals surface area (Å²) in [7, 11) is 3.14. The lowest BCUT2D eigenvalue weighted by molar-refractivity contribution is -0.0691. The van der Waals surface area contributed by atoms with E-state index in [1.54, 1.807) is 31.3 Å². The van der Waals surface area contributed by atoms with Crippen molar-refractivity contribution in [2.45, 2.75) is 32.0 Å². The van der Waals surface area contributed by atoms with E-state index in [0.29, 0.717) is 30.2 Å². The first-order valence-corrected chi connectivity index (χ1v) is 9.67. The van der Waals surface area contributed by atoms with E-state index in [4.69, 9.17) is 14.2 Å². The topological polar surface area (TPSA) is 68.2 Å². The molecule has 0 aromatic heterocycles. The molecule has 1 saturated heterocycles. The third kappa shape index (κ3) is 4.17. The number of hydrogen-bond donors (Lipinski definition) is 1. The van der Waals surface area contributed by atoms with Gasteiger partial charge in [0.15, 0.2) is 11.5 Å². The van der Waals surface area contributed by atoms with E-state index in [9.17, 15) is 9.90 Å². The molecule has 1 aliphatic heterocycles. The average Bonchev–Trinajstić information content (AvgIpc) is 2.65. The highest BCUT2D eigenvalue weighted by Gasteiger charge is 2.48. The minimum Gasteiger partial charge on any atom is -0.493 e. The number of likely N-dealkylation sites (tertiary alicyclic amines) is 1. The molecule has 1 unspecified atom stereocenters. The number of carbonyl (C=O) groups is 1. The second kappa shape index (κ2) is 7.95. The number of carbonyl (C=O) groups excluding carboxylic acids is 1. The van der Waals surface area contributed by atoms with Crippen LogP contribution in [0.15, 0.2) is 48.5 Å². The third-order valence-electron chi connectivity index (χ3n) is 5.16. The molecule has 1 N–H and O–H groups in total. The van der Waals surface area contributed by atoms with Crippen LogP contribution in [-0.4, -0.2) is 49.0 Å². The van der Waals surface area contributed by atoms with E-state index in [2.05, 4.69) is 0 Å². The van der Waals surface area contributed by atoms with Gasteiger partial charge in [-0.1, -0.05) is 36.4 Å². The van der Waals surface area contributed by atoms with Gasteiger partial charge >= 0.3 is 6.09 Å². The molecule has 1 atom stereocenters. The minimum absolute atomic E-state index is 0.185. The van der Waals surface area contributed by atoms with Crippen LogP contribution in [0.25, 0.3) is 0 Å². The second-order valence-corrected chi connectivity index (χ2v) is 8.28. The Morgan fingerprint density at radius 3 is 2.14 bits per heavy atom. The third-order valence-corrected chi connectivity index (χ3v) is 5.16. The Kier molecular flexibility index (Phi) is 5.75. The first-order valence-electron chi connectivity index (χ1n) is 9.67. The van der Waals surface area contributed by atoms with Crippen molar-refractivity contribution in [1.82, 2.24) is 4.90 Å². The number of aliphatic hydroxyl groups is 1. The van der Waals surface area contributed by atoms with Crippen LogP contribution in [0.4, 0.5) is 4.79 Å². The number of nitrogens with zero attached hydrogens (tertiary/aromatic N) is 1. The lowest BCUT2D eigenvalue weighted by Crippen LogP contribution is -2.59. The van der Waals surface area contributed by atoms with Gasteiger partial charge in [0, 0.05) is 19.0 Å². The zero-order valence-electron chi connectivity index (χ0n) is 17.6. The molecule has 6 nitrogen and oxygen atoms in total. The molecule has 6 heteroatoms. The van der Waals surface area contributed by atoms with Gasteiger partial charge in [0.25, 0.3) is 0 Å². The van der Waals surface area contributed by atoms with Gasteiger partial charge in [-0.05, 0) is 44.0 Å². The van der Waals surface area contributed by atoms with Gasteiger partial charge in [0.05, 0.1) is 14.2 Å². The molecule has 2 aromatic rings. The Hall–Kier alpha value is -2.73. The molecule has 0 aliphatic carbocycles. The quantitative estimate of drug-likeness (QED) is 0.828. The molecule has 2 aromatic carbocycles. The van der Waals surface area contributed by atoms with Crippen molar-refractivity contribution in [2.75, 3.05) is 27.3 Å². The standard InChI is InChI=1S/C23H29NO5/c1-22(2,3)29-21(25)24-14-18(15-24)23(26,16-9-7-6-8-10-16)17-11-12-19(27-4)20(13-17)28-5/h6-13,18,26H,14-15H2,1-5H3. The summed E-state index contributed by atoms with van der Waals surface area (Å²) in [5, 5.41) is 11.9. The highest BCUT2D eigenvalue weighted by atomic mass is 16.6.